The second kappa shape index (κ2) is 10.1. The molecule has 186 valence electrons. The summed E-state index contributed by atoms with van der Waals surface area (Å²) in [4.78, 5) is 24.9. The number of nitrogens with one attached hydrogen (secondary N) is 3. The van der Waals surface area contributed by atoms with Crippen LogP contribution in [-0.2, 0) is 14.8 Å². The normalized spacial score (nSPS) is 14.3. The Labute approximate surface area is 207 Å². The number of ether oxygens (including phenoxy) is 1. The number of aromatic nitrogens is 3. The van der Waals surface area contributed by atoms with E-state index in [-0.39, 0.29) is 22.7 Å². The van der Waals surface area contributed by atoms with Crippen molar-refractivity contribution >= 4 is 39.4 Å². The van der Waals surface area contributed by atoms with Crippen molar-refractivity contribution in [3.05, 3.63) is 41.4 Å². The fraction of sp³-hybridized carbons (Fsp3) is 0.364. The summed E-state index contributed by atoms with van der Waals surface area (Å²) in [5, 5.41) is 5.93. The molecule has 13 heteroatoms. The first-order valence-corrected chi connectivity index (χ1v) is 13.1. The summed E-state index contributed by atoms with van der Waals surface area (Å²) in [6.07, 6.45) is 4.06. The topological polar surface area (TPSA) is 148 Å². The van der Waals surface area contributed by atoms with Gasteiger partial charge in [0.15, 0.2) is 11.7 Å². The Hall–Kier alpha value is -3.38. The van der Waals surface area contributed by atoms with Crippen molar-refractivity contribution in [3.63, 3.8) is 0 Å². The molecular weight excluding hydrogens is 496 g/mol. The van der Waals surface area contributed by atoms with Crippen molar-refractivity contribution in [1.29, 1.82) is 0 Å². The maximum Gasteiger partial charge on any atom is 0.407 e. The molecule has 1 saturated carbocycles. The van der Waals surface area contributed by atoms with Gasteiger partial charge in [0.1, 0.15) is 11.4 Å². The monoisotopic (exact) mass is 520 g/mol. The Kier molecular flexibility index (Phi) is 7.13. The molecule has 1 aliphatic carbocycles. The molecule has 11 nitrogen and oxygen atoms in total. The van der Waals surface area contributed by atoms with Crippen LogP contribution in [0.3, 0.4) is 0 Å². The van der Waals surface area contributed by atoms with E-state index >= 15 is 0 Å². The van der Waals surface area contributed by atoms with Crippen LogP contribution in [0.1, 0.15) is 31.6 Å². The third-order valence-electron chi connectivity index (χ3n) is 5.12. The van der Waals surface area contributed by atoms with Crippen molar-refractivity contribution < 1.29 is 22.4 Å². The number of methoxy groups -OCH3 is 1. The van der Waals surface area contributed by atoms with Crippen molar-refractivity contribution in [2.75, 3.05) is 29.9 Å². The number of carbonyl (C=O) groups is 1. The maximum absolute atomic E-state index is 11.8. The molecule has 1 aliphatic rings. The quantitative estimate of drug-likeness (QED) is 0.382. The second-order valence-electron chi connectivity index (χ2n) is 8.23. The summed E-state index contributed by atoms with van der Waals surface area (Å²) in [7, 11) is -2.23. The maximum atomic E-state index is 11.8. The molecule has 0 unspecified atom stereocenters. The van der Waals surface area contributed by atoms with Crippen molar-refractivity contribution in [2.45, 2.75) is 31.7 Å². The fourth-order valence-corrected chi connectivity index (χ4v) is 4.21. The predicted molar refractivity (Wildman–Crippen MR) is 132 cm³/mol. The summed E-state index contributed by atoms with van der Waals surface area (Å²) in [6.45, 7) is 2.17. The van der Waals surface area contributed by atoms with Crippen LogP contribution in [-0.4, -0.2) is 55.4 Å². The van der Waals surface area contributed by atoms with E-state index in [9.17, 15) is 13.2 Å². The van der Waals surface area contributed by atoms with Crippen molar-refractivity contribution in [2.24, 2.45) is 0 Å². The fourth-order valence-electron chi connectivity index (χ4n) is 3.32. The Bertz CT molecular complexity index is 1340. The minimum Gasteiger partial charge on any atom is -0.453 e. The summed E-state index contributed by atoms with van der Waals surface area (Å²) < 4.78 is 36.7. The highest BCUT2D eigenvalue weighted by atomic mass is 35.5. The lowest BCUT2D eigenvalue weighted by molar-refractivity contribution is 0.168. The number of alkyl carbamates (subject to hydrolysis) is 1. The van der Waals surface area contributed by atoms with Gasteiger partial charge in [-0.05, 0) is 31.9 Å². The number of sulfonamides is 1. The van der Waals surface area contributed by atoms with E-state index in [1.54, 1.807) is 30.5 Å². The lowest BCUT2D eigenvalue weighted by Gasteiger charge is -2.14. The number of rotatable bonds is 9. The van der Waals surface area contributed by atoms with Crippen LogP contribution in [0.15, 0.2) is 34.9 Å². The lowest BCUT2D eigenvalue weighted by atomic mass is 10.1. The largest absolute Gasteiger partial charge is 0.453 e. The molecule has 35 heavy (non-hydrogen) atoms. The van der Waals surface area contributed by atoms with E-state index in [1.807, 2.05) is 6.92 Å². The SMILES string of the molecule is COC(=O)N[C@@H](C)CNc1nccc(-c2oc(C3CC3)nc2-c2cccc(NS(C)(=O)=O)c2Cl)n1. The van der Waals surface area contributed by atoms with Gasteiger partial charge in [0.05, 0.1) is 24.1 Å². The Morgan fingerprint density at radius 2 is 2.06 bits per heavy atom. The first-order valence-electron chi connectivity index (χ1n) is 10.8. The van der Waals surface area contributed by atoms with E-state index in [4.69, 9.17) is 21.0 Å². The van der Waals surface area contributed by atoms with Crippen LogP contribution in [0.5, 0.6) is 0 Å². The number of hydrogen-bond donors (Lipinski definition) is 3. The number of oxazole rings is 1. The average molecular weight is 521 g/mol. The zero-order valence-corrected chi connectivity index (χ0v) is 20.9. The standard InChI is InChI=1S/C22H25ClN6O5S/c1-12(26-22(30)33-2)11-25-21-24-10-9-16(27-21)19-18(28-20(34-19)13-7-8-13)14-5-4-6-15(17(14)23)29-35(3,31)32/h4-6,9-10,12-13,29H,7-8,11H2,1-3H3,(H,26,30)(H,24,25,27)/t12-/m0/s1. The molecule has 0 bridgehead atoms. The Balaban J connectivity index is 1.66. The molecule has 1 amide bonds. The van der Waals surface area contributed by atoms with E-state index in [2.05, 4.69) is 30.1 Å². The summed E-state index contributed by atoms with van der Waals surface area (Å²) in [5.41, 5.74) is 1.68. The van der Waals surface area contributed by atoms with E-state index in [1.165, 1.54) is 7.11 Å². The van der Waals surface area contributed by atoms with Crippen LogP contribution >= 0.6 is 11.6 Å². The zero-order valence-electron chi connectivity index (χ0n) is 19.3. The molecule has 0 spiro atoms. The molecule has 2 heterocycles. The first kappa shape index (κ1) is 24.7. The summed E-state index contributed by atoms with van der Waals surface area (Å²) in [6, 6.07) is 6.46. The number of nitrogens with zero attached hydrogens (tertiary/aromatic N) is 3. The van der Waals surface area contributed by atoms with Gasteiger partial charge in [0.25, 0.3) is 0 Å². The number of amides is 1. The highest BCUT2D eigenvalue weighted by molar-refractivity contribution is 7.92. The second-order valence-corrected chi connectivity index (χ2v) is 10.4. The molecule has 1 fully saturated rings. The lowest BCUT2D eigenvalue weighted by Crippen LogP contribution is -2.37. The molecule has 3 aromatic rings. The van der Waals surface area contributed by atoms with Crippen molar-refractivity contribution in [1.82, 2.24) is 20.3 Å². The molecular formula is C22H25ClN6O5S. The molecule has 2 aromatic heterocycles. The van der Waals surface area contributed by atoms with Crippen LogP contribution < -0.4 is 15.4 Å². The van der Waals surface area contributed by atoms with Gasteiger partial charge < -0.3 is 19.8 Å². The van der Waals surface area contributed by atoms with Gasteiger partial charge in [-0.3, -0.25) is 4.72 Å². The highest BCUT2D eigenvalue weighted by Gasteiger charge is 2.32. The van der Waals surface area contributed by atoms with E-state index in [0.717, 1.165) is 19.1 Å². The van der Waals surface area contributed by atoms with Crippen molar-refractivity contribution in [3.8, 4) is 22.7 Å². The minimum absolute atomic E-state index is 0.199. The van der Waals surface area contributed by atoms with Crippen LogP contribution in [0.2, 0.25) is 5.02 Å². The number of carbonyl (C=O) groups excluding carboxylic acids is 1. The predicted octanol–water partition coefficient (Wildman–Crippen LogP) is 3.86. The number of benzene rings is 1. The minimum atomic E-state index is -3.53. The van der Waals surface area contributed by atoms with Gasteiger partial charge >= 0.3 is 6.09 Å². The first-order chi connectivity index (χ1) is 16.6. The third kappa shape index (κ3) is 6.20. The summed E-state index contributed by atoms with van der Waals surface area (Å²) >= 11 is 6.58. The smallest absolute Gasteiger partial charge is 0.407 e. The average Bonchev–Trinajstić information content (AvgIpc) is 3.57. The van der Waals surface area contributed by atoms with E-state index < -0.39 is 16.1 Å². The Morgan fingerprint density at radius 3 is 2.74 bits per heavy atom. The van der Waals surface area contributed by atoms with Crippen LogP contribution in [0.25, 0.3) is 22.7 Å². The highest BCUT2D eigenvalue weighted by Crippen LogP contribution is 2.45. The molecule has 0 aliphatic heterocycles. The molecule has 4 rings (SSSR count). The Morgan fingerprint density at radius 1 is 1.29 bits per heavy atom. The van der Waals surface area contributed by atoms with Gasteiger partial charge in [-0.2, -0.15) is 0 Å². The van der Waals surface area contributed by atoms with Gasteiger partial charge in [-0.15, -0.1) is 0 Å². The number of halogens is 1. The van der Waals surface area contributed by atoms with Gasteiger partial charge in [-0.25, -0.2) is 28.2 Å². The summed E-state index contributed by atoms with van der Waals surface area (Å²) in [5.74, 6) is 1.53. The van der Waals surface area contributed by atoms with Gasteiger partial charge in [0, 0.05) is 30.3 Å². The molecule has 1 aromatic carbocycles. The third-order valence-corrected chi connectivity index (χ3v) is 6.12. The zero-order chi connectivity index (χ0) is 25.2. The van der Waals surface area contributed by atoms with E-state index in [0.29, 0.717) is 41.1 Å². The van der Waals surface area contributed by atoms with Crippen LogP contribution in [0.4, 0.5) is 16.4 Å². The molecule has 1 atom stereocenters. The van der Waals surface area contributed by atoms with Crippen LogP contribution in [0, 0.1) is 0 Å². The van der Waals surface area contributed by atoms with Gasteiger partial charge in [-0.1, -0.05) is 23.7 Å². The molecule has 0 saturated heterocycles. The number of anilines is 2. The molecule has 3 N–H and O–H groups in total. The molecule has 0 radical (unpaired) electrons. The number of hydrogen-bond acceptors (Lipinski definition) is 9. The van der Waals surface area contributed by atoms with Gasteiger partial charge in [0.2, 0.25) is 16.0 Å².